The number of hydrogen-bond acceptors (Lipinski definition) is 4. The van der Waals surface area contributed by atoms with E-state index in [2.05, 4.69) is 30.6 Å². The number of carbonyl (C=O) groups excluding carboxylic acids is 1. The number of hydrogen-bond donors (Lipinski definition) is 0. The van der Waals surface area contributed by atoms with E-state index in [9.17, 15) is 4.79 Å². The molecule has 1 saturated carbocycles. The average Bonchev–Trinajstić information content (AvgIpc) is 3.33. The van der Waals surface area contributed by atoms with Gasteiger partial charge in [-0.25, -0.2) is 9.97 Å². The number of amides is 1. The Kier molecular flexibility index (Phi) is 4.53. The van der Waals surface area contributed by atoms with Crippen LogP contribution in [0.15, 0.2) is 16.9 Å². The number of rotatable bonds is 5. The first-order chi connectivity index (χ1) is 12.9. The Morgan fingerprint density at radius 3 is 2.59 bits per heavy atom. The van der Waals surface area contributed by atoms with Crippen molar-refractivity contribution in [2.45, 2.75) is 32.6 Å². The first-order valence-corrected chi connectivity index (χ1v) is 10.1. The molecule has 0 unspecified atom stereocenters. The van der Waals surface area contributed by atoms with Gasteiger partial charge in [-0.3, -0.25) is 9.48 Å². The van der Waals surface area contributed by atoms with E-state index in [-0.39, 0.29) is 5.91 Å². The number of imidazole rings is 1. The molecule has 0 atom stereocenters. The monoisotopic (exact) mass is 430 g/mol. The van der Waals surface area contributed by atoms with E-state index in [4.69, 9.17) is 4.98 Å². The van der Waals surface area contributed by atoms with Crippen molar-refractivity contribution < 1.29 is 4.79 Å². The minimum absolute atomic E-state index is 0.0883. The Balaban J connectivity index is 1.94. The van der Waals surface area contributed by atoms with Gasteiger partial charge in [-0.15, -0.1) is 0 Å². The summed E-state index contributed by atoms with van der Waals surface area (Å²) in [6.07, 6.45) is 4.28. The molecule has 142 valence electrons. The van der Waals surface area contributed by atoms with Gasteiger partial charge in [-0.2, -0.15) is 5.10 Å². The van der Waals surface area contributed by atoms with Crippen molar-refractivity contribution >= 4 is 32.9 Å². The van der Waals surface area contributed by atoms with Crippen LogP contribution in [0.1, 0.15) is 48.8 Å². The number of nitrogens with zero attached hydrogens (tertiary/aromatic N) is 6. The van der Waals surface area contributed by atoms with Crippen LogP contribution in [0.3, 0.4) is 0 Å². The molecular weight excluding hydrogens is 408 g/mol. The molecule has 1 amide bonds. The fourth-order valence-corrected chi connectivity index (χ4v) is 4.34. The van der Waals surface area contributed by atoms with Crippen molar-refractivity contribution in [2.75, 3.05) is 13.1 Å². The number of fused-ring (bicyclic) bond motifs is 1. The van der Waals surface area contributed by atoms with E-state index in [0.717, 1.165) is 21.4 Å². The summed E-state index contributed by atoms with van der Waals surface area (Å²) in [6.45, 7) is 5.22. The maximum Gasteiger partial charge on any atom is 0.273 e. The molecule has 0 aliphatic heterocycles. The molecule has 1 aliphatic rings. The summed E-state index contributed by atoms with van der Waals surface area (Å²) in [6, 6.07) is 1.98. The van der Waals surface area contributed by atoms with Crippen LogP contribution in [0, 0.1) is 0 Å². The van der Waals surface area contributed by atoms with E-state index >= 15 is 0 Å². The molecule has 27 heavy (non-hydrogen) atoms. The van der Waals surface area contributed by atoms with Crippen molar-refractivity contribution in [3.63, 3.8) is 0 Å². The Labute approximate surface area is 166 Å². The van der Waals surface area contributed by atoms with Gasteiger partial charge >= 0.3 is 0 Å². The number of aryl methyl sites for hydroxylation is 1. The highest BCUT2D eigenvalue weighted by Gasteiger charge is 2.32. The van der Waals surface area contributed by atoms with Crippen LogP contribution >= 0.6 is 15.9 Å². The third-order valence-electron chi connectivity index (χ3n) is 5.16. The average molecular weight is 431 g/mol. The summed E-state index contributed by atoms with van der Waals surface area (Å²) in [5.74, 6) is 1.22. The van der Waals surface area contributed by atoms with Gasteiger partial charge in [0.2, 0.25) is 0 Å². The minimum Gasteiger partial charge on any atom is -0.338 e. The molecular formula is C19H23BrN6O. The largest absolute Gasteiger partial charge is 0.338 e. The van der Waals surface area contributed by atoms with E-state index in [1.165, 1.54) is 18.5 Å². The van der Waals surface area contributed by atoms with Crippen LogP contribution in [0.2, 0.25) is 0 Å². The summed E-state index contributed by atoms with van der Waals surface area (Å²) in [7, 11) is 3.87. The molecule has 3 aromatic heterocycles. The van der Waals surface area contributed by atoms with Gasteiger partial charge < -0.3 is 9.47 Å². The summed E-state index contributed by atoms with van der Waals surface area (Å²) >= 11 is 3.61. The maximum absolute atomic E-state index is 13.2. The summed E-state index contributed by atoms with van der Waals surface area (Å²) in [5.41, 5.74) is 2.93. The Hall–Kier alpha value is -2.22. The van der Waals surface area contributed by atoms with Gasteiger partial charge in [0.25, 0.3) is 5.91 Å². The third kappa shape index (κ3) is 3.05. The highest BCUT2D eigenvalue weighted by Crippen LogP contribution is 2.44. The molecule has 0 spiro atoms. The summed E-state index contributed by atoms with van der Waals surface area (Å²) in [4.78, 5) is 24.3. The number of aromatic nitrogens is 5. The van der Waals surface area contributed by atoms with Crippen LogP contribution in [0.4, 0.5) is 0 Å². The molecule has 0 N–H and O–H groups in total. The number of pyridine rings is 1. The minimum atomic E-state index is -0.0883. The molecule has 1 fully saturated rings. The first kappa shape index (κ1) is 18.2. The molecule has 0 aromatic carbocycles. The molecule has 0 saturated heterocycles. The second kappa shape index (κ2) is 6.74. The van der Waals surface area contributed by atoms with Crippen molar-refractivity contribution in [1.29, 1.82) is 0 Å². The van der Waals surface area contributed by atoms with Crippen LogP contribution in [-0.2, 0) is 14.1 Å². The molecule has 0 radical (unpaired) electrons. The van der Waals surface area contributed by atoms with E-state index in [1.54, 1.807) is 9.58 Å². The molecule has 4 rings (SSSR count). The quantitative estimate of drug-likeness (QED) is 0.620. The Bertz CT molecular complexity index is 1030. The van der Waals surface area contributed by atoms with Crippen LogP contribution in [-0.4, -0.2) is 48.2 Å². The van der Waals surface area contributed by atoms with Gasteiger partial charge in [0.05, 0.1) is 5.69 Å². The topological polar surface area (TPSA) is 68.8 Å². The van der Waals surface area contributed by atoms with Crippen LogP contribution < -0.4 is 0 Å². The molecule has 0 bridgehead atoms. The fourth-order valence-electron chi connectivity index (χ4n) is 3.59. The third-order valence-corrected chi connectivity index (χ3v) is 5.75. The predicted octanol–water partition coefficient (Wildman–Crippen LogP) is 3.49. The van der Waals surface area contributed by atoms with Crippen molar-refractivity contribution in [2.24, 2.45) is 14.1 Å². The standard InChI is InChI=1S/C19H23BrN6O/c1-5-26(6-2)19(27)14-13(9-12-10-24(3)23-17(12)21-14)18-22-16(20)15(25(18)4)11-7-8-11/h9-11H,5-8H2,1-4H3. The van der Waals surface area contributed by atoms with E-state index < -0.39 is 0 Å². The lowest BCUT2D eigenvalue weighted by atomic mass is 10.1. The maximum atomic E-state index is 13.2. The lowest BCUT2D eigenvalue weighted by Gasteiger charge is -2.19. The Morgan fingerprint density at radius 1 is 1.26 bits per heavy atom. The van der Waals surface area contributed by atoms with Gasteiger partial charge in [-0.05, 0) is 48.7 Å². The zero-order valence-electron chi connectivity index (χ0n) is 16.0. The Morgan fingerprint density at radius 2 is 1.96 bits per heavy atom. The summed E-state index contributed by atoms with van der Waals surface area (Å²) in [5, 5.41) is 5.28. The zero-order chi connectivity index (χ0) is 19.3. The highest BCUT2D eigenvalue weighted by atomic mass is 79.9. The van der Waals surface area contributed by atoms with E-state index in [1.807, 2.05) is 40.2 Å². The molecule has 3 aromatic rings. The van der Waals surface area contributed by atoms with Gasteiger partial charge in [0.1, 0.15) is 16.1 Å². The van der Waals surface area contributed by atoms with Crippen LogP contribution in [0.5, 0.6) is 0 Å². The molecule has 3 heterocycles. The SMILES string of the molecule is CCN(CC)C(=O)c1nc2nn(C)cc2cc1-c1nc(Br)c(C2CC2)n1C. The predicted molar refractivity (Wildman–Crippen MR) is 108 cm³/mol. The van der Waals surface area contributed by atoms with Crippen molar-refractivity contribution in [1.82, 2.24) is 29.2 Å². The molecule has 7 nitrogen and oxygen atoms in total. The van der Waals surface area contributed by atoms with Gasteiger partial charge in [-0.1, -0.05) is 0 Å². The number of carbonyl (C=O) groups is 1. The fraction of sp³-hybridized carbons (Fsp3) is 0.474. The zero-order valence-corrected chi connectivity index (χ0v) is 17.6. The lowest BCUT2D eigenvalue weighted by molar-refractivity contribution is 0.0768. The second-order valence-corrected chi connectivity index (χ2v) is 7.77. The molecule has 1 aliphatic carbocycles. The summed E-state index contributed by atoms with van der Waals surface area (Å²) < 4.78 is 4.67. The lowest BCUT2D eigenvalue weighted by Crippen LogP contribution is -2.31. The highest BCUT2D eigenvalue weighted by molar-refractivity contribution is 9.10. The second-order valence-electron chi connectivity index (χ2n) is 7.02. The molecule has 8 heteroatoms. The van der Waals surface area contributed by atoms with E-state index in [0.29, 0.717) is 30.3 Å². The number of halogens is 1. The van der Waals surface area contributed by atoms with Crippen molar-refractivity contribution in [3.8, 4) is 11.4 Å². The van der Waals surface area contributed by atoms with Crippen molar-refractivity contribution in [3.05, 3.63) is 28.3 Å². The van der Waals surface area contributed by atoms with Gasteiger partial charge in [0, 0.05) is 50.2 Å². The van der Waals surface area contributed by atoms with Crippen LogP contribution in [0.25, 0.3) is 22.4 Å². The first-order valence-electron chi connectivity index (χ1n) is 9.30. The smallest absolute Gasteiger partial charge is 0.273 e. The van der Waals surface area contributed by atoms with Gasteiger partial charge in [0.15, 0.2) is 5.65 Å². The normalized spacial score (nSPS) is 14.1.